The lowest BCUT2D eigenvalue weighted by Crippen LogP contribution is -2.29. The third-order valence-corrected chi connectivity index (χ3v) is 2.30. The molecule has 0 aliphatic carbocycles. The van der Waals surface area contributed by atoms with Crippen molar-refractivity contribution in [2.24, 2.45) is 5.73 Å². The first-order valence-electron chi connectivity index (χ1n) is 5.40. The van der Waals surface area contributed by atoms with Gasteiger partial charge in [0.1, 0.15) is 5.82 Å². The molecular weight excluding hydrogens is 237 g/mol. The number of carbonyl (C=O) groups is 1. The molecule has 0 radical (unpaired) electrons. The summed E-state index contributed by atoms with van der Waals surface area (Å²) in [7, 11) is 0. The van der Waals surface area contributed by atoms with Crippen molar-refractivity contribution in [2.45, 2.75) is 0 Å². The number of amides is 1. The summed E-state index contributed by atoms with van der Waals surface area (Å²) in [6.07, 6.45) is 1.15. The van der Waals surface area contributed by atoms with Crippen LogP contribution in [0.2, 0.25) is 0 Å². The highest BCUT2D eigenvalue weighted by atomic mass is 19.1. The van der Waals surface area contributed by atoms with Crippen molar-refractivity contribution in [3.63, 3.8) is 0 Å². The summed E-state index contributed by atoms with van der Waals surface area (Å²) in [5, 5.41) is 2.58. The van der Waals surface area contributed by atoms with Crippen LogP contribution in [0.1, 0.15) is 10.5 Å². The second-order valence-corrected chi connectivity index (χ2v) is 3.59. The smallest absolute Gasteiger partial charge is 0.273 e. The molecule has 94 valence electrons. The Morgan fingerprint density at radius 2 is 2.33 bits per heavy atom. The standard InChI is InChI=1S/C12H12FN3O2/c13-9-3-1-2-8(6-9)11-10(16-7-18-11)12(17)15-5-4-14/h1-3,6-7H,4-5,14H2,(H,15,17). The van der Waals surface area contributed by atoms with E-state index in [4.69, 9.17) is 10.2 Å². The molecule has 0 fully saturated rings. The van der Waals surface area contributed by atoms with Gasteiger partial charge >= 0.3 is 0 Å². The first-order valence-corrected chi connectivity index (χ1v) is 5.40. The third kappa shape index (κ3) is 2.54. The summed E-state index contributed by atoms with van der Waals surface area (Å²) in [4.78, 5) is 15.6. The maximum Gasteiger partial charge on any atom is 0.273 e. The molecule has 0 atom stereocenters. The number of rotatable bonds is 4. The first kappa shape index (κ1) is 12.3. The molecule has 1 amide bonds. The summed E-state index contributed by atoms with van der Waals surface area (Å²) in [6.45, 7) is 0.674. The Kier molecular flexibility index (Phi) is 3.69. The van der Waals surface area contributed by atoms with E-state index < -0.39 is 11.7 Å². The fourth-order valence-electron chi connectivity index (χ4n) is 1.51. The molecule has 3 N–H and O–H groups in total. The van der Waals surface area contributed by atoms with E-state index in [1.165, 1.54) is 18.2 Å². The number of halogens is 1. The SMILES string of the molecule is NCCNC(=O)c1ncoc1-c1cccc(F)c1. The van der Waals surface area contributed by atoms with Crippen molar-refractivity contribution in [2.75, 3.05) is 13.1 Å². The van der Waals surface area contributed by atoms with Gasteiger partial charge in [0, 0.05) is 18.7 Å². The van der Waals surface area contributed by atoms with Crippen LogP contribution >= 0.6 is 0 Å². The lowest BCUT2D eigenvalue weighted by molar-refractivity contribution is 0.0950. The Balaban J connectivity index is 2.30. The van der Waals surface area contributed by atoms with Crippen LogP contribution < -0.4 is 11.1 Å². The highest BCUT2D eigenvalue weighted by Gasteiger charge is 2.17. The van der Waals surface area contributed by atoms with Crippen LogP contribution in [0.15, 0.2) is 35.1 Å². The Labute approximate surface area is 103 Å². The number of aromatic nitrogens is 1. The molecule has 6 heteroatoms. The Morgan fingerprint density at radius 1 is 1.50 bits per heavy atom. The molecule has 0 bridgehead atoms. The molecule has 5 nitrogen and oxygen atoms in total. The molecule has 0 aliphatic heterocycles. The van der Waals surface area contributed by atoms with E-state index in [1.54, 1.807) is 6.07 Å². The zero-order chi connectivity index (χ0) is 13.0. The molecule has 0 spiro atoms. The molecule has 0 saturated heterocycles. The molecule has 2 rings (SSSR count). The molecule has 0 unspecified atom stereocenters. The fourth-order valence-corrected chi connectivity index (χ4v) is 1.51. The summed E-state index contributed by atoms with van der Waals surface area (Å²) in [5.74, 6) is -0.560. The topological polar surface area (TPSA) is 81.1 Å². The molecule has 1 aromatic carbocycles. The highest BCUT2D eigenvalue weighted by molar-refractivity contribution is 5.97. The summed E-state index contributed by atoms with van der Waals surface area (Å²) < 4.78 is 18.3. The Hall–Kier alpha value is -2.21. The average molecular weight is 249 g/mol. The van der Waals surface area contributed by atoms with E-state index in [-0.39, 0.29) is 11.5 Å². The van der Waals surface area contributed by atoms with E-state index in [1.807, 2.05) is 0 Å². The largest absolute Gasteiger partial charge is 0.443 e. The third-order valence-electron chi connectivity index (χ3n) is 2.30. The maximum atomic E-state index is 13.1. The predicted octanol–water partition coefficient (Wildman–Crippen LogP) is 1.17. The lowest BCUT2D eigenvalue weighted by Gasteiger charge is -2.02. The van der Waals surface area contributed by atoms with Crippen LogP contribution in [-0.2, 0) is 0 Å². The van der Waals surface area contributed by atoms with Gasteiger partial charge in [-0.1, -0.05) is 12.1 Å². The van der Waals surface area contributed by atoms with Gasteiger partial charge < -0.3 is 15.5 Å². The second kappa shape index (κ2) is 5.42. The zero-order valence-corrected chi connectivity index (χ0v) is 9.52. The summed E-state index contributed by atoms with van der Waals surface area (Å²) in [6, 6.07) is 5.77. The normalized spacial score (nSPS) is 10.3. The highest BCUT2D eigenvalue weighted by Crippen LogP contribution is 2.23. The number of benzene rings is 1. The van der Waals surface area contributed by atoms with Crippen molar-refractivity contribution in [3.05, 3.63) is 42.2 Å². The Bertz CT molecular complexity index is 554. The Morgan fingerprint density at radius 3 is 3.06 bits per heavy atom. The molecule has 1 aromatic heterocycles. The number of hydrogen-bond donors (Lipinski definition) is 2. The van der Waals surface area contributed by atoms with Gasteiger partial charge in [-0.05, 0) is 12.1 Å². The second-order valence-electron chi connectivity index (χ2n) is 3.59. The van der Waals surface area contributed by atoms with Crippen molar-refractivity contribution >= 4 is 5.91 Å². The monoisotopic (exact) mass is 249 g/mol. The van der Waals surface area contributed by atoms with E-state index in [0.29, 0.717) is 18.7 Å². The van der Waals surface area contributed by atoms with E-state index >= 15 is 0 Å². The van der Waals surface area contributed by atoms with Gasteiger partial charge in [-0.2, -0.15) is 0 Å². The minimum absolute atomic E-state index is 0.119. The minimum Gasteiger partial charge on any atom is -0.443 e. The van der Waals surface area contributed by atoms with Gasteiger partial charge in [-0.3, -0.25) is 4.79 Å². The van der Waals surface area contributed by atoms with Crippen molar-refractivity contribution in [1.82, 2.24) is 10.3 Å². The number of carbonyl (C=O) groups excluding carboxylic acids is 1. The first-order chi connectivity index (χ1) is 8.72. The quantitative estimate of drug-likeness (QED) is 0.852. The van der Waals surface area contributed by atoms with Crippen LogP contribution in [0.5, 0.6) is 0 Å². The number of hydrogen-bond acceptors (Lipinski definition) is 4. The van der Waals surface area contributed by atoms with Crippen LogP contribution in [0, 0.1) is 5.82 Å². The van der Waals surface area contributed by atoms with Gasteiger partial charge in [0.25, 0.3) is 5.91 Å². The van der Waals surface area contributed by atoms with E-state index in [0.717, 1.165) is 6.39 Å². The van der Waals surface area contributed by atoms with Crippen LogP contribution in [0.3, 0.4) is 0 Å². The van der Waals surface area contributed by atoms with Gasteiger partial charge in [0.15, 0.2) is 17.8 Å². The molecule has 0 saturated carbocycles. The van der Waals surface area contributed by atoms with Crippen molar-refractivity contribution in [3.8, 4) is 11.3 Å². The zero-order valence-electron chi connectivity index (χ0n) is 9.52. The van der Waals surface area contributed by atoms with Gasteiger partial charge in [0.05, 0.1) is 0 Å². The predicted molar refractivity (Wildman–Crippen MR) is 63.3 cm³/mol. The maximum absolute atomic E-state index is 13.1. The molecular formula is C12H12FN3O2. The van der Waals surface area contributed by atoms with E-state index in [2.05, 4.69) is 10.3 Å². The van der Waals surface area contributed by atoms with Gasteiger partial charge in [0.2, 0.25) is 0 Å². The van der Waals surface area contributed by atoms with Crippen molar-refractivity contribution in [1.29, 1.82) is 0 Å². The molecule has 0 aliphatic rings. The van der Waals surface area contributed by atoms with Gasteiger partial charge in [-0.15, -0.1) is 0 Å². The number of oxazole rings is 1. The molecule has 18 heavy (non-hydrogen) atoms. The van der Waals surface area contributed by atoms with Crippen LogP contribution in [0.4, 0.5) is 4.39 Å². The fraction of sp³-hybridized carbons (Fsp3) is 0.167. The van der Waals surface area contributed by atoms with E-state index in [9.17, 15) is 9.18 Å². The summed E-state index contributed by atoms with van der Waals surface area (Å²) in [5.41, 5.74) is 5.87. The van der Waals surface area contributed by atoms with Crippen LogP contribution in [-0.4, -0.2) is 24.0 Å². The van der Waals surface area contributed by atoms with Crippen LogP contribution in [0.25, 0.3) is 11.3 Å². The van der Waals surface area contributed by atoms with Crippen molar-refractivity contribution < 1.29 is 13.6 Å². The summed E-state index contributed by atoms with van der Waals surface area (Å²) >= 11 is 0. The number of nitrogens with two attached hydrogens (primary N) is 1. The molecule has 2 aromatic rings. The minimum atomic E-state index is -0.405. The number of nitrogens with zero attached hydrogens (tertiary/aromatic N) is 1. The number of nitrogens with one attached hydrogen (secondary N) is 1. The average Bonchev–Trinajstić information content (AvgIpc) is 2.85. The van der Waals surface area contributed by atoms with Gasteiger partial charge in [-0.25, -0.2) is 9.37 Å². The molecule has 1 heterocycles. The lowest BCUT2D eigenvalue weighted by atomic mass is 10.1.